The molecular weight excluding hydrogens is 481 g/mol. The summed E-state index contributed by atoms with van der Waals surface area (Å²) in [5, 5.41) is 3.42. The zero-order valence-electron chi connectivity index (χ0n) is 17.1. The predicted molar refractivity (Wildman–Crippen MR) is 126 cm³/mol. The summed E-state index contributed by atoms with van der Waals surface area (Å²) in [4.78, 5) is 31.8. The monoisotopic (exact) mass is 513 g/mol. The Morgan fingerprint density at radius 3 is 2.62 bits per heavy atom. The molecule has 3 rings (SSSR count). The van der Waals surface area contributed by atoms with Gasteiger partial charge in [0.1, 0.15) is 0 Å². The van der Waals surface area contributed by atoms with Crippen molar-refractivity contribution in [1.29, 1.82) is 0 Å². The van der Waals surface area contributed by atoms with Gasteiger partial charge in [-0.15, -0.1) is 24.0 Å². The summed E-state index contributed by atoms with van der Waals surface area (Å²) >= 11 is 0. The van der Waals surface area contributed by atoms with Crippen LogP contribution < -0.4 is 16.0 Å². The van der Waals surface area contributed by atoms with Crippen LogP contribution in [0.4, 0.5) is 5.69 Å². The van der Waals surface area contributed by atoms with Gasteiger partial charge in [-0.1, -0.05) is 12.1 Å². The van der Waals surface area contributed by atoms with Gasteiger partial charge < -0.3 is 20.9 Å². The lowest BCUT2D eigenvalue weighted by atomic mass is 9.95. The van der Waals surface area contributed by atoms with Crippen LogP contribution in [0.3, 0.4) is 0 Å². The normalized spacial score (nSPS) is 20.2. The number of nitrogens with one attached hydrogen (secondary N) is 1. The Hall–Kier alpha value is -1.84. The van der Waals surface area contributed by atoms with E-state index in [1.807, 2.05) is 17.0 Å². The highest BCUT2D eigenvalue weighted by atomic mass is 127. The zero-order chi connectivity index (χ0) is 19.9. The SMILES string of the molecule is CN=C(NCc1ccc(N2CCCCC2=O)cc1)N1CCCC(CC(N)=O)C1.I. The number of piperidine rings is 2. The lowest BCUT2D eigenvalue weighted by Crippen LogP contribution is -2.46. The van der Waals surface area contributed by atoms with Gasteiger partial charge in [0.25, 0.3) is 0 Å². The Bertz CT molecular complexity index is 722. The topological polar surface area (TPSA) is 91.0 Å². The molecule has 2 saturated heterocycles. The fourth-order valence-corrected chi connectivity index (χ4v) is 4.09. The van der Waals surface area contributed by atoms with Crippen LogP contribution in [0.15, 0.2) is 29.3 Å². The Morgan fingerprint density at radius 1 is 1.21 bits per heavy atom. The third-order valence-corrected chi connectivity index (χ3v) is 5.54. The standard InChI is InChI=1S/C21H31N5O2.HI/c1-23-21(25-11-4-5-17(15-25)13-19(22)27)24-14-16-7-9-18(10-8-16)26-12-3-2-6-20(26)28;/h7-10,17H,2-6,11-15H2,1H3,(H2,22,27)(H,23,24);1H. The van der Waals surface area contributed by atoms with Crippen molar-refractivity contribution in [2.24, 2.45) is 16.6 Å². The highest BCUT2D eigenvalue weighted by molar-refractivity contribution is 14.0. The molecule has 1 unspecified atom stereocenters. The van der Waals surface area contributed by atoms with E-state index in [2.05, 4.69) is 27.3 Å². The minimum absolute atomic E-state index is 0. The number of carbonyl (C=O) groups is 2. The lowest BCUT2D eigenvalue weighted by molar-refractivity contribution is -0.120. The number of hydrogen-bond acceptors (Lipinski definition) is 3. The van der Waals surface area contributed by atoms with E-state index in [-0.39, 0.29) is 35.8 Å². The van der Waals surface area contributed by atoms with E-state index < -0.39 is 0 Å². The van der Waals surface area contributed by atoms with Crippen molar-refractivity contribution in [2.75, 3.05) is 31.6 Å². The van der Waals surface area contributed by atoms with Gasteiger partial charge in [-0.05, 0) is 49.3 Å². The smallest absolute Gasteiger partial charge is 0.226 e. The maximum atomic E-state index is 12.1. The van der Waals surface area contributed by atoms with E-state index in [0.717, 1.165) is 62.5 Å². The van der Waals surface area contributed by atoms with Gasteiger partial charge in [-0.25, -0.2) is 0 Å². The molecule has 0 aliphatic carbocycles. The molecule has 3 N–H and O–H groups in total. The van der Waals surface area contributed by atoms with E-state index in [9.17, 15) is 9.59 Å². The number of hydrogen-bond donors (Lipinski definition) is 2. The van der Waals surface area contributed by atoms with Gasteiger partial charge >= 0.3 is 0 Å². The number of nitrogens with two attached hydrogens (primary N) is 1. The second-order valence-corrected chi connectivity index (χ2v) is 7.69. The van der Waals surface area contributed by atoms with E-state index in [4.69, 9.17) is 5.73 Å². The first kappa shape index (κ1) is 23.4. The molecule has 2 aliphatic heterocycles. The molecule has 0 bridgehead atoms. The molecular formula is C21H32IN5O2. The number of guanidine groups is 1. The van der Waals surface area contributed by atoms with Crippen molar-refractivity contribution in [2.45, 2.75) is 45.1 Å². The summed E-state index contributed by atoms with van der Waals surface area (Å²) in [5.41, 5.74) is 7.47. The van der Waals surface area contributed by atoms with Gasteiger partial charge in [0, 0.05) is 51.8 Å². The first-order chi connectivity index (χ1) is 13.6. The number of benzene rings is 1. The number of likely N-dealkylation sites (tertiary alicyclic amines) is 1. The summed E-state index contributed by atoms with van der Waals surface area (Å²) < 4.78 is 0. The molecule has 29 heavy (non-hydrogen) atoms. The molecule has 2 fully saturated rings. The molecule has 160 valence electrons. The summed E-state index contributed by atoms with van der Waals surface area (Å²) in [6.45, 7) is 3.21. The number of rotatable bonds is 5. The second kappa shape index (κ2) is 11.4. The van der Waals surface area contributed by atoms with Crippen LogP contribution in [0, 0.1) is 5.92 Å². The maximum absolute atomic E-state index is 12.1. The molecule has 1 aromatic carbocycles. The van der Waals surface area contributed by atoms with E-state index in [1.54, 1.807) is 7.05 Å². The summed E-state index contributed by atoms with van der Waals surface area (Å²) in [5.74, 6) is 1.13. The van der Waals surface area contributed by atoms with Crippen LogP contribution in [0.5, 0.6) is 0 Å². The largest absolute Gasteiger partial charge is 0.370 e. The minimum atomic E-state index is -0.234. The van der Waals surface area contributed by atoms with E-state index >= 15 is 0 Å². The van der Waals surface area contributed by atoms with E-state index in [1.165, 1.54) is 0 Å². The Labute approximate surface area is 190 Å². The third kappa shape index (κ3) is 6.58. The third-order valence-electron chi connectivity index (χ3n) is 5.54. The van der Waals surface area contributed by atoms with Crippen LogP contribution in [-0.2, 0) is 16.1 Å². The number of primary amides is 1. The summed E-state index contributed by atoms with van der Waals surface area (Å²) in [6.07, 6.45) is 5.21. The van der Waals surface area contributed by atoms with Gasteiger partial charge in [-0.2, -0.15) is 0 Å². The van der Waals surface area contributed by atoms with Crippen molar-refractivity contribution in [1.82, 2.24) is 10.2 Å². The van der Waals surface area contributed by atoms with Crippen molar-refractivity contribution < 1.29 is 9.59 Å². The summed E-state index contributed by atoms with van der Waals surface area (Å²) in [7, 11) is 1.78. The number of nitrogens with zero attached hydrogens (tertiary/aromatic N) is 3. The van der Waals surface area contributed by atoms with Crippen molar-refractivity contribution in [3.63, 3.8) is 0 Å². The van der Waals surface area contributed by atoms with Crippen molar-refractivity contribution in [3.05, 3.63) is 29.8 Å². The number of aliphatic imine (C=N–C) groups is 1. The summed E-state index contributed by atoms with van der Waals surface area (Å²) in [6, 6.07) is 8.16. The first-order valence-corrected chi connectivity index (χ1v) is 10.2. The van der Waals surface area contributed by atoms with Gasteiger partial charge in [-0.3, -0.25) is 14.6 Å². The zero-order valence-corrected chi connectivity index (χ0v) is 19.4. The van der Waals surface area contributed by atoms with Gasteiger partial charge in [0.2, 0.25) is 11.8 Å². The molecule has 0 radical (unpaired) electrons. The lowest BCUT2D eigenvalue weighted by Gasteiger charge is -2.34. The average molecular weight is 513 g/mol. The molecule has 8 heteroatoms. The molecule has 1 atom stereocenters. The van der Waals surface area contributed by atoms with Gasteiger partial charge in [0.05, 0.1) is 0 Å². The Balaban J connectivity index is 0.00000300. The molecule has 2 aliphatic rings. The molecule has 2 heterocycles. The number of halogens is 1. The second-order valence-electron chi connectivity index (χ2n) is 7.69. The van der Waals surface area contributed by atoms with Crippen LogP contribution in [0.25, 0.3) is 0 Å². The van der Waals surface area contributed by atoms with Crippen LogP contribution in [-0.4, -0.2) is 49.4 Å². The Morgan fingerprint density at radius 2 is 1.97 bits per heavy atom. The number of amides is 2. The molecule has 0 aromatic heterocycles. The van der Waals surface area contributed by atoms with E-state index in [0.29, 0.717) is 25.3 Å². The van der Waals surface area contributed by atoms with Crippen molar-refractivity contribution >= 4 is 47.4 Å². The van der Waals surface area contributed by atoms with Crippen molar-refractivity contribution in [3.8, 4) is 0 Å². The quantitative estimate of drug-likeness (QED) is 0.360. The molecule has 2 amide bonds. The maximum Gasteiger partial charge on any atom is 0.226 e. The van der Waals surface area contributed by atoms with Crippen LogP contribution >= 0.6 is 24.0 Å². The molecule has 0 spiro atoms. The molecule has 7 nitrogen and oxygen atoms in total. The molecule has 0 saturated carbocycles. The highest BCUT2D eigenvalue weighted by Crippen LogP contribution is 2.22. The van der Waals surface area contributed by atoms with Gasteiger partial charge in [0.15, 0.2) is 5.96 Å². The first-order valence-electron chi connectivity index (χ1n) is 10.2. The fraction of sp³-hybridized carbons (Fsp3) is 0.571. The highest BCUT2D eigenvalue weighted by Gasteiger charge is 2.23. The number of carbonyl (C=O) groups excluding carboxylic acids is 2. The number of anilines is 1. The molecule has 1 aromatic rings. The van der Waals surface area contributed by atoms with Crippen LogP contribution in [0.1, 0.15) is 44.1 Å². The average Bonchev–Trinajstić information content (AvgIpc) is 2.69. The Kier molecular flexibility index (Phi) is 9.19. The minimum Gasteiger partial charge on any atom is -0.370 e. The predicted octanol–water partition coefficient (Wildman–Crippen LogP) is 2.48. The fourth-order valence-electron chi connectivity index (χ4n) is 4.09. The van der Waals surface area contributed by atoms with Crippen LogP contribution in [0.2, 0.25) is 0 Å².